The molecular weight excluding hydrogens is 278 g/mol. The molecule has 3 heteroatoms. The molecule has 112 valence electrons. The van der Waals surface area contributed by atoms with E-state index in [0.29, 0.717) is 12.2 Å². The summed E-state index contributed by atoms with van der Waals surface area (Å²) in [6.45, 7) is 6.41. The first-order valence-electron chi connectivity index (χ1n) is 7.88. The molecule has 2 aromatic rings. The van der Waals surface area contributed by atoms with Crippen LogP contribution in [0.1, 0.15) is 38.7 Å². The summed E-state index contributed by atoms with van der Waals surface area (Å²) in [5.74, 6) is 0.371. The van der Waals surface area contributed by atoms with Crippen molar-refractivity contribution in [3.8, 4) is 0 Å². The summed E-state index contributed by atoms with van der Waals surface area (Å²) in [5, 5.41) is 3.40. The first kappa shape index (κ1) is 14.7. The van der Waals surface area contributed by atoms with Crippen molar-refractivity contribution in [1.82, 2.24) is 4.90 Å². The van der Waals surface area contributed by atoms with E-state index in [9.17, 15) is 4.79 Å². The molecule has 1 saturated heterocycles. The third kappa shape index (κ3) is 2.65. The number of carbonyl (C=O) groups is 1. The van der Waals surface area contributed by atoms with Crippen molar-refractivity contribution in [2.75, 3.05) is 13.1 Å². The minimum atomic E-state index is -0.292. The highest BCUT2D eigenvalue weighted by atomic mass is 32.1. The van der Waals surface area contributed by atoms with Crippen molar-refractivity contribution in [3.05, 3.63) is 35.2 Å². The summed E-state index contributed by atoms with van der Waals surface area (Å²) < 4.78 is 1.28. The van der Waals surface area contributed by atoms with Gasteiger partial charge in [0.1, 0.15) is 0 Å². The molecule has 2 heterocycles. The standard InChI is InChI=1S/C18H23NOS/c1-3-18(2,19-10-6-7-11-19)17(20)12-14-13-21-16-9-5-4-8-15(14)16/h4-5,8-9,13H,3,6-7,10-12H2,1-2H3. The van der Waals surface area contributed by atoms with E-state index in [1.54, 1.807) is 11.3 Å². The second-order valence-corrected chi connectivity index (χ2v) is 7.09. The first-order chi connectivity index (χ1) is 10.1. The van der Waals surface area contributed by atoms with E-state index in [1.807, 2.05) is 0 Å². The molecule has 1 unspecified atom stereocenters. The maximum absolute atomic E-state index is 13.0. The Balaban J connectivity index is 1.84. The number of Topliss-reactive ketones (excluding diaryl/α,β-unsaturated/α-hetero) is 1. The molecule has 0 aliphatic carbocycles. The van der Waals surface area contributed by atoms with Crippen LogP contribution in [0.15, 0.2) is 29.6 Å². The second kappa shape index (κ2) is 5.90. The minimum Gasteiger partial charge on any atom is -0.297 e. The summed E-state index contributed by atoms with van der Waals surface area (Å²) in [6, 6.07) is 8.38. The largest absolute Gasteiger partial charge is 0.297 e. The number of fused-ring (bicyclic) bond motifs is 1. The van der Waals surface area contributed by atoms with Gasteiger partial charge in [-0.2, -0.15) is 0 Å². The lowest BCUT2D eigenvalue weighted by molar-refractivity contribution is -0.129. The molecule has 0 radical (unpaired) electrons. The highest BCUT2D eigenvalue weighted by molar-refractivity contribution is 7.17. The minimum absolute atomic E-state index is 0.292. The number of hydrogen-bond acceptors (Lipinski definition) is 3. The Morgan fingerprint density at radius 2 is 2.00 bits per heavy atom. The Labute approximate surface area is 130 Å². The van der Waals surface area contributed by atoms with Gasteiger partial charge in [0.2, 0.25) is 0 Å². The SMILES string of the molecule is CCC(C)(C(=O)Cc1csc2ccccc12)N1CCCC1. The molecule has 0 spiro atoms. The van der Waals surface area contributed by atoms with Crippen molar-refractivity contribution >= 4 is 27.2 Å². The summed E-state index contributed by atoms with van der Waals surface area (Å²) in [6.07, 6.45) is 3.91. The highest BCUT2D eigenvalue weighted by Gasteiger charge is 2.38. The summed E-state index contributed by atoms with van der Waals surface area (Å²) in [7, 11) is 0. The Kier molecular flexibility index (Phi) is 4.14. The topological polar surface area (TPSA) is 20.3 Å². The molecule has 1 aromatic heterocycles. The quantitative estimate of drug-likeness (QED) is 0.821. The van der Waals surface area contributed by atoms with Crippen LogP contribution in [0.5, 0.6) is 0 Å². The highest BCUT2D eigenvalue weighted by Crippen LogP contribution is 2.30. The molecule has 2 nitrogen and oxygen atoms in total. The number of benzene rings is 1. The Bertz CT molecular complexity index is 641. The normalized spacial score (nSPS) is 19.0. The zero-order valence-electron chi connectivity index (χ0n) is 12.9. The van der Waals surface area contributed by atoms with Crippen molar-refractivity contribution < 1.29 is 4.79 Å². The maximum Gasteiger partial charge on any atom is 0.157 e. The first-order valence-corrected chi connectivity index (χ1v) is 8.76. The summed E-state index contributed by atoms with van der Waals surface area (Å²) >= 11 is 1.74. The molecule has 1 aliphatic rings. The number of rotatable bonds is 5. The third-order valence-electron chi connectivity index (χ3n) is 5.01. The van der Waals surface area contributed by atoms with Crippen molar-refractivity contribution in [2.24, 2.45) is 0 Å². The molecule has 21 heavy (non-hydrogen) atoms. The zero-order chi connectivity index (χ0) is 14.9. The van der Waals surface area contributed by atoms with E-state index >= 15 is 0 Å². The number of nitrogens with zero attached hydrogens (tertiary/aromatic N) is 1. The van der Waals surface area contributed by atoms with Gasteiger partial charge in [0, 0.05) is 11.1 Å². The van der Waals surface area contributed by atoms with Gasteiger partial charge in [0.25, 0.3) is 0 Å². The van der Waals surface area contributed by atoms with Gasteiger partial charge in [-0.25, -0.2) is 0 Å². The average Bonchev–Trinajstić information content (AvgIpc) is 3.17. The van der Waals surface area contributed by atoms with Crippen LogP contribution in [0.25, 0.3) is 10.1 Å². The van der Waals surface area contributed by atoms with E-state index in [4.69, 9.17) is 0 Å². The van der Waals surface area contributed by atoms with Crippen molar-refractivity contribution in [3.63, 3.8) is 0 Å². The van der Waals surface area contributed by atoms with Gasteiger partial charge < -0.3 is 0 Å². The second-order valence-electron chi connectivity index (χ2n) is 6.18. The third-order valence-corrected chi connectivity index (χ3v) is 6.02. The molecule has 0 amide bonds. The van der Waals surface area contributed by atoms with E-state index in [0.717, 1.165) is 19.5 Å². The molecule has 1 aliphatic heterocycles. The average molecular weight is 301 g/mol. The molecule has 1 fully saturated rings. The van der Waals surface area contributed by atoms with Crippen LogP contribution < -0.4 is 0 Å². The lowest BCUT2D eigenvalue weighted by Gasteiger charge is -2.36. The molecule has 0 bridgehead atoms. The Morgan fingerprint density at radius 1 is 1.29 bits per heavy atom. The van der Waals surface area contributed by atoms with E-state index < -0.39 is 0 Å². The lowest BCUT2D eigenvalue weighted by Crippen LogP contribution is -2.51. The van der Waals surface area contributed by atoms with E-state index in [-0.39, 0.29) is 5.54 Å². The number of thiophene rings is 1. The van der Waals surface area contributed by atoms with Crippen molar-refractivity contribution in [1.29, 1.82) is 0 Å². The van der Waals surface area contributed by atoms with Gasteiger partial charge in [0.05, 0.1) is 5.54 Å². The fourth-order valence-corrected chi connectivity index (χ4v) is 4.30. The number of hydrogen-bond donors (Lipinski definition) is 0. The number of likely N-dealkylation sites (tertiary alicyclic amines) is 1. The summed E-state index contributed by atoms with van der Waals surface area (Å²) in [4.78, 5) is 15.3. The molecule has 0 N–H and O–H groups in total. The van der Waals surface area contributed by atoms with Gasteiger partial charge in [-0.1, -0.05) is 25.1 Å². The Hall–Kier alpha value is -1.19. The fourth-order valence-electron chi connectivity index (χ4n) is 3.34. The van der Waals surface area contributed by atoms with Crippen LogP contribution in [0.3, 0.4) is 0 Å². The number of carbonyl (C=O) groups excluding carboxylic acids is 1. The Morgan fingerprint density at radius 3 is 2.71 bits per heavy atom. The lowest BCUT2D eigenvalue weighted by atomic mass is 9.87. The molecule has 1 aromatic carbocycles. The predicted octanol–water partition coefficient (Wildman–Crippen LogP) is 4.28. The van der Waals surface area contributed by atoms with Gasteiger partial charge >= 0.3 is 0 Å². The van der Waals surface area contributed by atoms with Crippen LogP contribution in [-0.4, -0.2) is 29.3 Å². The zero-order valence-corrected chi connectivity index (χ0v) is 13.7. The monoisotopic (exact) mass is 301 g/mol. The van der Waals surface area contributed by atoms with Crippen LogP contribution in [0.4, 0.5) is 0 Å². The fraction of sp³-hybridized carbons (Fsp3) is 0.500. The van der Waals surface area contributed by atoms with Crippen LogP contribution in [0, 0.1) is 0 Å². The van der Waals surface area contributed by atoms with Gasteiger partial charge in [-0.3, -0.25) is 9.69 Å². The smallest absolute Gasteiger partial charge is 0.157 e. The van der Waals surface area contributed by atoms with Gasteiger partial charge in [-0.15, -0.1) is 11.3 Å². The summed E-state index contributed by atoms with van der Waals surface area (Å²) in [5.41, 5.74) is 0.902. The van der Waals surface area contributed by atoms with Crippen LogP contribution >= 0.6 is 11.3 Å². The number of ketones is 1. The van der Waals surface area contributed by atoms with Gasteiger partial charge in [-0.05, 0) is 61.7 Å². The van der Waals surface area contributed by atoms with Gasteiger partial charge in [0.15, 0.2) is 5.78 Å². The van der Waals surface area contributed by atoms with Crippen LogP contribution in [-0.2, 0) is 11.2 Å². The molecule has 3 rings (SSSR count). The maximum atomic E-state index is 13.0. The van der Waals surface area contributed by atoms with Crippen LogP contribution in [0.2, 0.25) is 0 Å². The molecule has 1 atom stereocenters. The molecular formula is C18H23NOS. The van der Waals surface area contributed by atoms with Crippen molar-refractivity contribution in [2.45, 2.75) is 45.1 Å². The van der Waals surface area contributed by atoms with E-state index in [1.165, 1.54) is 28.5 Å². The molecule has 0 saturated carbocycles. The predicted molar refractivity (Wildman–Crippen MR) is 90.0 cm³/mol. The van der Waals surface area contributed by atoms with E-state index in [2.05, 4.69) is 48.4 Å².